The largest absolute Gasteiger partial charge is 0.383 e. The summed E-state index contributed by atoms with van der Waals surface area (Å²) in [6.07, 6.45) is 2.10. The average Bonchev–Trinajstić information content (AvgIpc) is 3.05. The monoisotopic (exact) mass is 480 g/mol. The van der Waals surface area contributed by atoms with E-state index in [9.17, 15) is 18.8 Å². The number of rotatable bonds is 8. The lowest BCUT2D eigenvalue weighted by Crippen LogP contribution is -2.41. The number of fused-ring (bicyclic) bond motifs is 1. The van der Waals surface area contributed by atoms with Gasteiger partial charge in [0.1, 0.15) is 16.5 Å². The normalized spacial score (nSPS) is 11.4. The van der Waals surface area contributed by atoms with Crippen molar-refractivity contribution >= 4 is 50.4 Å². The highest BCUT2D eigenvalue weighted by Crippen LogP contribution is 2.37. The van der Waals surface area contributed by atoms with Crippen LogP contribution >= 0.6 is 22.9 Å². The molecule has 0 atom stereocenters. The van der Waals surface area contributed by atoms with Gasteiger partial charge < -0.3 is 5.73 Å². The molecule has 3 aromatic rings. The lowest BCUT2D eigenvalue weighted by atomic mass is 10.1. The van der Waals surface area contributed by atoms with E-state index in [-0.39, 0.29) is 33.9 Å². The van der Waals surface area contributed by atoms with Crippen LogP contribution in [-0.4, -0.2) is 22.0 Å². The molecule has 10 heteroatoms. The van der Waals surface area contributed by atoms with E-state index >= 15 is 0 Å². The van der Waals surface area contributed by atoms with Gasteiger partial charge in [-0.1, -0.05) is 38.8 Å². The number of aromatic amines is 1. The quantitative estimate of drug-likeness (QED) is 0.491. The van der Waals surface area contributed by atoms with E-state index in [1.807, 2.05) is 20.8 Å². The molecule has 2 heterocycles. The zero-order valence-electron chi connectivity index (χ0n) is 18.2. The number of unbranched alkanes of at least 4 members (excludes halogenated alkanes) is 1. The predicted molar refractivity (Wildman–Crippen MR) is 129 cm³/mol. The molecule has 0 saturated heterocycles. The van der Waals surface area contributed by atoms with E-state index in [2.05, 4.69) is 4.98 Å². The number of amides is 1. The number of aromatic nitrogens is 2. The average molecular weight is 481 g/mol. The molecule has 0 fully saturated rings. The van der Waals surface area contributed by atoms with Crippen molar-refractivity contribution in [2.75, 3.05) is 17.2 Å². The standard InChI is InChI=1S/C22H26ClFN4O3S/c1-4-5-9-28-19(25)17(20(29)26-22(28)31)27(10-8-12(2)3)21(30)18-16(23)14-7-6-13(24)11-15(14)32-18/h6-7,11-12H,4-5,8-10,25H2,1-3H3,(H,26,29,31). The maximum Gasteiger partial charge on any atom is 0.330 e. The molecule has 0 saturated carbocycles. The van der Waals surface area contributed by atoms with Crippen LogP contribution in [0, 0.1) is 11.7 Å². The van der Waals surface area contributed by atoms with E-state index in [1.165, 1.54) is 27.7 Å². The molecule has 0 unspecified atom stereocenters. The second kappa shape index (κ2) is 9.87. The predicted octanol–water partition coefficient (Wildman–Crippen LogP) is 4.62. The smallest absolute Gasteiger partial charge is 0.330 e. The summed E-state index contributed by atoms with van der Waals surface area (Å²) in [4.78, 5) is 42.5. The highest BCUT2D eigenvalue weighted by molar-refractivity contribution is 7.21. The topological polar surface area (TPSA) is 101 Å². The molecule has 172 valence electrons. The van der Waals surface area contributed by atoms with Crippen LogP contribution < -0.4 is 21.9 Å². The summed E-state index contributed by atoms with van der Waals surface area (Å²) < 4.78 is 15.5. The van der Waals surface area contributed by atoms with E-state index in [1.54, 1.807) is 0 Å². The first kappa shape index (κ1) is 24.0. The molecule has 0 bridgehead atoms. The molecule has 2 aromatic heterocycles. The van der Waals surface area contributed by atoms with Gasteiger partial charge in [-0.2, -0.15) is 0 Å². The Bertz CT molecular complexity index is 1260. The lowest BCUT2D eigenvalue weighted by Gasteiger charge is -2.25. The van der Waals surface area contributed by atoms with Crippen molar-refractivity contribution in [2.24, 2.45) is 5.92 Å². The number of nitrogens with one attached hydrogen (secondary N) is 1. The number of carbonyl (C=O) groups is 1. The number of H-pyrrole nitrogens is 1. The third-order valence-electron chi connectivity index (χ3n) is 5.18. The first-order valence-corrected chi connectivity index (χ1v) is 11.7. The van der Waals surface area contributed by atoms with Crippen LogP contribution in [0.5, 0.6) is 0 Å². The zero-order valence-corrected chi connectivity index (χ0v) is 19.8. The Balaban J connectivity index is 2.16. The summed E-state index contributed by atoms with van der Waals surface area (Å²) in [5.41, 5.74) is 4.82. The van der Waals surface area contributed by atoms with Crippen LogP contribution in [0.4, 0.5) is 15.9 Å². The molecule has 0 aliphatic rings. The number of hydrogen-bond donors (Lipinski definition) is 2. The summed E-state index contributed by atoms with van der Waals surface area (Å²) in [6.45, 7) is 6.48. The zero-order chi connectivity index (χ0) is 23.6. The molecule has 0 radical (unpaired) electrons. The number of carbonyl (C=O) groups excluding carboxylic acids is 1. The van der Waals surface area contributed by atoms with Crippen molar-refractivity contribution in [2.45, 2.75) is 46.6 Å². The van der Waals surface area contributed by atoms with Gasteiger partial charge in [0.15, 0.2) is 5.69 Å². The van der Waals surface area contributed by atoms with Gasteiger partial charge >= 0.3 is 5.69 Å². The molecule has 3 N–H and O–H groups in total. The molecule has 0 aliphatic carbocycles. The summed E-state index contributed by atoms with van der Waals surface area (Å²) in [6, 6.07) is 4.11. The highest BCUT2D eigenvalue weighted by Gasteiger charge is 2.28. The fourth-order valence-corrected chi connectivity index (χ4v) is 4.86. The maximum absolute atomic E-state index is 13.7. The molecule has 1 aromatic carbocycles. The van der Waals surface area contributed by atoms with E-state index in [4.69, 9.17) is 17.3 Å². The number of hydrogen-bond acceptors (Lipinski definition) is 5. The SMILES string of the molecule is CCCCn1c(N)c(N(CCC(C)C)C(=O)c2sc3cc(F)ccc3c2Cl)c(=O)[nH]c1=O. The first-order chi connectivity index (χ1) is 15.1. The number of nitrogens with zero attached hydrogens (tertiary/aromatic N) is 2. The molecule has 32 heavy (non-hydrogen) atoms. The number of nitrogen functional groups attached to an aromatic ring is 1. The van der Waals surface area contributed by atoms with Crippen LogP contribution in [0.3, 0.4) is 0 Å². The van der Waals surface area contributed by atoms with Gasteiger partial charge in [0.2, 0.25) is 0 Å². The fourth-order valence-electron chi connectivity index (χ4n) is 3.38. The van der Waals surface area contributed by atoms with Crippen LogP contribution in [0.2, 0.25) is 5.02 Å². The Morgan fingerprint density at radius 3 is 2.72 bits per heavy atom. The second-order valence-corrected chi connectivity index (χ2v) is 9.45. The van der Waals surface area contributed by atoms with Gasteiger partial charge in [-0.15, -0.1) is 11.3 Å². The van der Waals surface area contributed by atoms with Gasteiger partial charge in [0.25, 0.3) is 11.5 Å². The van der Waals surface area contributed by atoms with E-state index < -0.39 is 23.0 Å². The van der Waals surface area contributed by atoms with Crippen molar-refractivity contribution in [3.8, 4) is 0 Å². The number of thiophene rings is 1. The van der Waals surface area contributed by atoms with Gasteiger partial charge in [-0.05, 0) is 37.0 Å². The minimum absolute atomic E-state index is 0.0624. The Morgan fingerprint density at radius 2 is 2.06 bits per heavy atom. The molecule has 3 rings (SSSR count). The Hall–Kier alpha value is -2.65. The number of benzene rings is 1. The minimum atomic E-state index is -0.736. The molecule has 7 nitrogen and oxygen atoms in total. The van der Waals surface area contributed by atoms with Crippen LogP contribution in [0.25, 0.3) is 10.1 Å². The summed E-state index contributed by atoms with van der Waals surface area (Å²) in [7, 11) is 0. The third-order valence-corrected chi connectivity index (χ3v) is 6.83. The van der Waals surface area contributed by atoms with E-state index in [0.29, 0.717) is 29.5 Å². The number of halogens is 2. The summed E-state index contributed by atoms with van der Waals surface area (Å²) in [5, 5.41) is 0.749. The summed E-state index contributed by atoms with van der Waals surface area (Å²) >= 11 is 7.52. The van der Waals surface area contributed by atoms with Crippen molar-refractivity contribution in [3.63, 3.8) is 0 Å². The van der Waals surface area contributed by atoms with Crippen molar-refractivity contribution < 1.29 is 9.18 Å². The Kier molecular flexibility index (Phi) is 7.40. The Labute approximate surface area is 193 Å². The number of nitrogens with two attached hydrogens (primary N) is 1. The lowest BCUT2D eigenvalue weighted by molar-refractivity contribution is 0.0989. The number of anilines is 2. The van der Waals surface area contributed by atoms with Gasteiger partial charge in [0, 0.05) is 23.2 Å². The maximum atomic E-state index is 13.7. The molecule has 0 spiro atoms. The Morgan fingerprint density at radius 1 is 1.34 bits per heavy atom. The minimum Gasteiger partial charge on any atom is -0.383 e. The van der Waals surface area contributed by atoms with Crippen LogP contribution in [0.15, 0.2) is 27.8 Å². The molecule has 0 aliphatic heterocycles. The van der Waals surface area contributed by atoms with Crippen molar-refractivity contribution in [3.05, 3.63) is 54.8 Å². The van der Waals surface area contributed by atoms with Crippen molar-refractivity contribution in [1.29, 1.82) is 0 Å². The van der Waals surface area contributed by atoms with Gasteiger partial charge in [0.05, 0.1) is 5.02 Å². The molecule has 1 amide bonds. The van der Waals surface area contributed by atoms with Gasteiger partial charge in [-0.25, -0.2) is 9.18 Å². The highest BCUT2D eigenvalue weighted by atomic mass is 35.5. The summed E-state index contributed by atoms with van der Waals surface area (Å²) in [5.74, 6) is -0.777. The molecular weight excluding hydrogens is 455 g/mol. The van der Waals surface area contributed by atoms with Crippen LogP contribution in [0.1, 0.15) is 49.7 Å². The van der Waals surface area contributed by atoms with Crippen LogP contribution in [-0.2, 0) is 6.54 Å². The third kappa shape index (κ3) is 4.73. The van der Waals surface area contributed by atoms with Crippen molar-refractivity contribution in [1.82, 2.24) is 9.55 Å². The molecular formula is C22H26ClFN4O3S. The first-order valence-electron chi connectivity index (χ1n) is 10.5. The van der Waals surface area contributed by atoms with Gasteiger partial charge in [-0.3, -0.25) is 24.0 Å². The fraction of sp³-hybridized carbons (Fsp3) is 0.409. The second-order valence-electron chi connectivity index (χ2n) is 8.02. The van der Waals surface area contributed by atoms with E-state index in [0.717, 1.165) is 17.8 Å².